The molecule has 0 aliphatic heterocycles. The van der Waals surface area contributed by atoms with Gasteiger partial charge in [0.15, 0.2) is 0 Å². The maximum absolute atomic E-state index is 12.8. The molecule has 0 heterocycles. The number of rotatable bonds is 11. The van der Waals surface area contributed by atoms with Gasteiger partial charge < -0.3 is 33.3 Å². The molecule has 2 aromatic rings. The van der Waals surface area contributed by atoms with Crippen molar-refractivity contribution in [2.24, 2.45) is 0 Å². The zero-order valence-electron chi connectivity index (χ0n) is 19.9. The number of hydrogen-bond donors (Lipinski definition) is 1. The SMILES string of the molecule is COc1cc(OC)c(/C=C/[S+]([O-])Cc2ccc(OC)c(C(C)(OC(C)=O)C(=O)O)c2)c(OC)c1. The summed E-state index contributed by atoms with van der Waals surface area (Å²) in [7, 11) is 5.91. The van der Waals surface area contributed by atoms with Gasteiger partial charge in [-0.15, -0.1) is 0 Å². The third-order valence-corrected chi connectivity index (χ3v) is 6.04. The van der Waals surface area contributed by atoms with E-state index < -0.39 is 28.7 Å². The zero-order valence-corrected chi connectivity index (χ0v) is 20.7. The standard InChI is InChI=1S/C24H28O9S/c1-15(25)33-24(2,23(26)27)19-11-16(7-8-20(19)30-4)14-34(28)10-9-18-21(31-5)12-17(29-3)13-22(18)32-6/h7-13H,14H2,1-6H3,(H,26,27)/b10-9+. The van der Waals surface area contributed by atoms with Crippen LogP contribution in [0.3, 0.4) is 0 Å². The molecular formula is C24H28O9S. The molecule has 0 saturated carbocycles. The van der Waals surface area contributed by atoms with Crippen LogP contribution in [-0.4, -0.2) is 50.0 Å². The molecular weight excluding hydrogens is 464 g/mol. The van der Waals surface area contributed by atoms with Crippen LogP contribution >= 0.6 is 0 Å². The van der Waals surface area contributed by atoms with Crippen LogP contribution in [0.1, 0.15) is 30.5 Å². The van der Waals surface area contributed by atoms with Gasteiger partial charge in [0, 0.05) is 36.3 Å². The minimum Gasteiger partial charge on any atom is -0.612 e. The molecule has 0 fully saturated rings. The van der Waals surface area contributed by atoms with Gasteiger partial charge in [-0.3, -0.25) is 4.79 Å². The number of methoxy groups -OCH3 is 4. The molecule has 0 amide bonds. The first-order chi connectivity index (χ1) is 16.1. The Morgan fingerprint density at radius 2 is 1.59 bits per heavy atom. The third-order valence-electron chi connectivity index (χ3n) is 4.98. The molecule has 0 aromatic heterocycles. The van der Waals surface area contributed by atoms with Crippen LogP contribution in [0.25, 0.3) is 6.08 Å². The van der Waals surface area contributed by atoms with Crippen LogP contribution in [0.5, 0.6) is 23.0 Å². The Hall–Kier alpha value is -3.37. The molecule has 0 bridgehead atoms. The van der Waals surface area contributed by atoms with Gasteiger partial charge in [-0.2, -0.15) is 0 Å². The molecule has 2 unspecified atom stereocenters. The van der Waals surface area contributed by atoms with Crippen LogP contribution in [0.15, 0.2) is 35.7 Å². The molecule has 2 aromatic carbocycles. The van der Waals surface area contributed by atoms with Crippen molar-refractivity contribution in [3.63, 3.8) is 0 Å². The fourth-order valence-corrected chi connectivity index (χ4v) is 4.16. The van der Waals surface area contributed by atoms with Crippen LogP contribution in [0, 0.1) is 0 Å². The Morgan fingerprint density at radius 3 is 2.06 bits per heavy atom. The van der Waals surface area contributed by atoms with Crippen molar-refractivity contribution in [3.8, 4) is 23.0 Å². The van der Waals surface area contributed by atoms with Crippen molar-refractivity contribution < 1.29 is 42.9 Å². The van der Waals surface area contributed by atoms with Crippen LogP contribution < -0.4 is 18.9 Å². The summed E-state index contributed by atoms with van der Waals surface area (Å²) in [5, 5.41) is 11.2. The Morgan fingerprint density at radius 1 is 1.00 bits per heavy atom. The molecule has 0 radical (unpaired) electrons. The average molecular weight is 493 g/mol. The molecule has 0 saturated heterocycles. The fraction of sp³-hybridized carbons (Fsp3) is 0.333. The number of carboxylic acids is 1. The number of carbonyl (C=O) groups is 2. The molecule has 2 rings (SSSR count). The monoisotopic (exact) mass is 492 g/mol. The minimum atomic E-state index is -1.98. The largest absolute Gasteiger partial charge is 0.612 e. The van der Waals surface area contributed by atoms with Crippen molar-refractivity contribution in [2.75, 3.05) is 28.4 Å². The third kappa shape index (κ3) is 6.15. The lowest BCUT2D eigenvalue weighted by molar-refractivity contribution is -0.176. The zero-order chi connectivity index (χ0) is 25.5. The summed E-state index contributed by atoms with van der Waals surface area (Å²) >= 11 is -1.48. The molecule has 0 spiro atoms. The fourth-order valence-electron chi connectivity index (χ4n) is 3.27. The Balaban J connectivity index is 2.37. The second-order valence-corrected chi connectivity index (χ2v) is 8.56. The van der Waals surface area contributed by atoms with Gasteiger partial charge in [-0.05, 0) is 30.2 Å². The lowest BCUT2D eigenvalue weighted by atomic mass is 9.93. The molecule has 0 aliphatic carbocycles. The topological polar surface area (TPSA) is 124 Å². The highest BCUT2D eigenvalue weighted by Crippen LogP contribution is 2.36. The maximum Gasteiger partial charge on any atom is 0.352 e. The lowest BCUT2D eigenvalue weighted by Gasteiger charge is -2.27. The number of benzene rings is 2. The molecule has 184 valence electrons. The number of aliphatic carboxylic acids is 1. The van der Waals surface area contributed by atoms with E-state index in [0.29, 0.717) is 28.4 Å². The first-order valence-corrected chi connectivity index (χ1v) is 11.4. The van der Waals surface area contributed by atoms with Gasteiger partial charge in [0.25, 0.3) is 0 Å². The molecule has 9 nitrogen and oxygen atoms in total. The van der Waals surface area contributed by atoms with E-state index >= 15 is 0 Å². The molecule has 34 heavy (non-hydrogen) atoms. The van der Waals surface area contributed by atoms with E-state index in [1.807, 2.05) is 0 Å². The van der Waals surface area contributed by atoms with E-state index in [9.17, 15) is 19.2 Å². The predicted molar refractivity (Wildman–Crippen MR) is 127 cm³/mol. The van der Waals surface area contributed by atoms with Crippen molar-refractivity contribution >= 4 is 29.2 Å². The van der Waals surface area contributed by atoms with E-state index in [2.05, 4.69) is 0 Å². The number of hydrogen-bond acceptors (Lipinski definition) is 8. The first kappa shape index (κ1) is 26.9. The van der Waals surface area contributed by atoms with Crippen LogP contribution in [0.4, 0.5) is 0 Å². The smallest absolute Gasteiger partial charge is 0.352 e. The summed E-state index contributed by atoms with van der Waals surface area (Å²) in [5.41, 5.74) is -0.696. The highest BCUT2D eigenvalue weighted by atomic mass is 32.2. The number of esters is 1. The van der Waals surface area contributed by atoms with Gasteiger partial charge >= 0.3 is 11.9 Å². The second kappa shape index (κ2) is 11.7. The van der Waals surface area contributed by atoms with E-state index in [-0.39, 0.29) is 17.1 Å². The van der Waals surface area contributed by atoms with E-state index in [0.717, 1.165) is 6.92 Å². The van der Waals surface area contributed by atoms with Crippen LogP contribution in [-0.2, 0) is 36.9 Å². The molecule has 2 atom stereocenters. The highest BCUT2D eigenvalue weighted by Gasteiger charge is 2.41. The lowest BCUT2D eigenvalue weighted by Crippen LogP contribution is -2.37. The summed E-state index contributed by atoms with van der Waals surface area (Å²) in [4.78, 5) is 23.5. The number of carboxylic acid groups (broad SMARTS) is 1. The molecule has 10 heteroatoms. The highest BCUT2D eigenvalue weighted by molar-refractivity contribution is 7.93. The van der Waals surface area contributed by atoms with Gasteiger partial charge in [0.2, 0.25) is 5.60 Å². The number of ether oxygens (including phenoxy) is 5. The van der Waals surface area contributed by atoms with E-state index in [1.54, 1.807) is 30.3 Å². The minimum absolute atomic E-state index is 0.0735. The summed E-state index contributed by atoms with van der Waals surface area (Å²) in [5.74, 6) is -0.311. The van der Waals surface area contributed by atoms with Gasteiger partial charge in [0.05, 0.1) is 34.0 Å². The van der Waals surface area contributed by atoms with Crippen LogP contribution in [0.2, 0.25) is 0 Å². The Labute approximate surface area is 201 Å². The van der Waals surface area contributed by atoms with Crippen molar-refractivity contribution in [2.45, 2.75) is 25.2 Å². The van der Waals surface area contributed by atoms with Crippen molar-refractivity contribution in [3.05, 3.63) is 52.4 Å². The van der Waals surface area contributed by atoms with Gasteiger partial charge in [0.1, 0.15) is 34.2 Å². The summed E-state index contributed by atoms with van der Waals surface area (Å²) in [6.07, 6.45) is 1.62. The first-order valence-electron chi connectivity index (χ1n) is 10.0. The summed E-state index contributed by atoms with van der Waals surface area (Å²) in [6.45, 7) is 2.39. The quantitative estimate of drug-likeness (QED) is 0.371. The average Bonchev–Trinajstić information content (AvgIpc) is 2.81. The predicted octanol–water partition coefficient (Wildman–Crippen LogP) is 3.50. The Kier molecular flexibility index (Phi) is 9.22. The van der Waals surface area contributed by atoms with Crippen molar-refractivity contribution in [1.82, 2.24) is 0 Å². The molecule has 0 aliphatic rings. The van der Waals surface area contributed by atoms with E-state index in [4.69, 9.17) is 23.7 Å². The van der Waals surface area contributed by atoms with Crippen molar-refractivity contribution in [1.29, 1.82) is 0 Å². The summed E-state index contributed by atoms with van der Waals surface area (Å²) < 4.78 is 39.2. The Bertz CT molecular complexity index is 1040. The summed E-state index contributed by atoms with van der Waals surface area (Å²) in [6, 6.07) is 8.09. The van der Waals surface area contributed by atoms with Gasteiger partial charge in [-0.25, -0.2) is 4.79 Å². The van der Waals surface area contributed by atoms with Gasteiger partial charge in [-0.1, -0.05) is 6.07 Å². The number of carbonyl (C=O) groups excluding carboxylic acids is 1. The second-order valence-electron chi connectivity index (χ2n) is 7.24. The van der Waals surface area contributed by atoms with E-state index in [1.165, 1.54) is 46.8 Å². The maximum atomic E-state index is 12.8. The normalized spacial score (nSPS) is 13.6. The molecule has 1 N–H and O–H groups in total.